The van der Waals surface area contributed by atoms with E-state index in [1.165, 1.54) is 6.34 Å². The monoisotopic (exact) mass is 227 g/mol. The van der Waals surface area contributed by atoms with E-state index < -0.39 is 11.2 Å². The number of rotatable bonds is 1. The van der Waals surface area contributed by atoms with E-state index in [2.05, 4.69) is 15.3 Å². The molecule has 1 aliphatic rings. The van der Waals surface area contributed by atoms with Crippen LogP contribution in [-0.2, 0) is 0 Å². The second-order valence-electron chi connectivity index (χ2n) is 3.48. The minimum atomic E-state index is -0.519. The quantitative estimate of drug-likeness (QED) is 0.766. The van der Waals surface area contributed by atoms with Crippen LogP contribution < -0.4 is 16.6 Å². The molecule has 0 unspecified atom stereocenters. The Morgan fingerprint density at radius 2 is 1.88 bits per heavy atom. The fraction of sp³-hybridized carbons (Fsp3) is 0. The molecule has 3 rings (SSSR count). The third-order valence-corrected chi connectivity index (χ3v) is 2.45. The van der Waals surface area contributed by atoms with Gasteiger partial charge in [-0.15, -0.1) is 0 Å². The Morgan fingerprint density at radius 1 is 1.12 bits per heavy atom. The highest BCUT2D eigenvalue weighted by Gasteiger charge is 2.17. The minimum Gasteiger partial charge on any atom is -0.289 e. The number of hydrogen-bond donors (Lipinski definition) is 1. The van der Waals surface area contributed by atoms with Gasteiger partial charge in [-0.05, 0) is 12.1 Å². The van der Waals surface area contributed by atoms with Gasteiger partial charge >= 0.3 is 5.69 Å². The molecular formula is C11H7N4O2. The lowest BCUT2D eigenvalue weighted by atomic mass is 10.3. The number of hydrogen-bond acceptors (Lipinski definition) is 3. The van der Waals surface area contributed by atoms with Crippen molar-refractivity contribution < 1.29 is 0 Å². The summed E-state index contributed by atoms with van der Waals surface area (Å²) in [5, 5.41) is 3.80. The Balaban J connectivity index is 2.36. The largest absolute Gasteiger partial charge is 0.334 e. The molecule has 1 N–H and O–H groups in total. The van der Waals surface area contributed by atoms with Gasteiger partial charge in [-0.25, -0.2) is 19.7 Å². The molecule has 0 saturated carbocycles. The van der Waals surface area contributed by atoms with E-state index in [0.29, 0.717) is 5.69 Å². The molecular weight excluding hydrogens is 220 g/mol. The summed E-state index contributed by atoms with van der Waals surface area (Å²) < 4.78 is 1.04. The van der Waals surface area contributed by atoms with Crippen LogP contribution in [0.1, 0.15) is 0 Å². The minimum absolute atomic E-state index is 0.161. The van der Waals surface area contributed by atoms with Crippen LogP contribution in [0.25, 0.3) is 5.69 Å². The Kier molecular flexibility index (Phi) is 1.94. The van der Waals surface area contributed by atoms with Crippen molar-refractivity contribution in [1.82, 2.24) is 14.9 Å². The standard InChI is InChI=1S/C11H7N4O2/c16-10-8-9(13-6-12-8)14-11(17)15(10)7-4-2-1-3-5-7/h1-6H,(H,14,17). The van der Waals surface area contributed by atoms with Crippen LogP contribution in [0.15, 0.2) is 44.9 Å². The topological polar surface area (TPSA) is 81.3 Å². The van der Waals surface area contributed by atoms with Gasteiger partial charge in [-0.2, -0.15) is 0 Å². The third kappa shape index (κ3) is 1.38. The maximum absolute atomic E-state index is 12.1. The average molecular weight is 227 g/mol. The van der Waals surface area contributed by atoms with Crippen molar-refractivity contribution in [2.24, 2.45) is 4.99 Å². The van der Waals surface area contributed by atoms with Crippen LogP contribution in [-0.4, -0.2) is 15.9 Å². The van der Waals surface area contributed by atoms with E-state index in [0.717, 1.165) is 4.57 Å². The van der Waals surface area contributed by atoms with Crippen molar-refractivity contribution in [3.05, 3.63) is 51.2 Å². The number of benzene rings is 1. The summed E-state index contributed by atoms with van der Waals surface area (Å²) in [7, 11) is 0. The van der Waals surface area contributed by atoms with Crippen LogP contribution in [0.3, 0.4) is 0 Å². The zero-order valence-electron chi connectivity index (χ0n) is 8.62. The van der Waals surface area contributed by atoms with Gasteiger partial charge in [0.05, 0.1) is 5.69 Å². The molecule has 1 radical (unpaired) electrons. The zero-order valence-corrected chi connectivity index (χ0v) is 8.62. The molecule has 2 aromatic rings. The number of nitrogens with one attached hydrogen (secondary N) is 1. The summed E-state index contributed by atoms with van der Waals surface area (Å²) in [6.45, 7) is 0. The molecule has 83 valence electrons. The van der Waals surface area contributed by atoms with Gasteiger partial charge in [-0.1, -0.05) is 18.2 Å². The molecule has 0 spiro atoms. The highest BCUT2D eigenvalue weighted by atomic mass is 16.2. The first kappa shape index (κ1) is 9.59. The Labute approximate surface area is 95.3 Å². The van der Waals surface area contributed by atoms with Gasteiger partial charge in [0, 0.05) is 0 Å². The number of fused-ring (bicyclic) bond motifs is 1. The molecule has 6 nitrogen and oxygen atoms in total. The molecule has 2 heterocycles. The van der Waals surface area contributed by atoms with E-state index in [1.807, 2.05) is 6.07 Å². The molecule has 0 saturated heterocycles. The van der Waals surface area contributed by atoms with Crippen LogP contribution in [0.4, 0.5) is 11.5 Å². The van der Waals surface area contributed by atoms with Crippen molar-refractivity contribution >= 4 is 17.8 Å². The Morgan fingerprint density at radius 3 is 2.65 bits per heavy atom. The molecule has 0 bridgehead atoms. The molecule has 0 amide bonds. The van der Waals surface area contributed by atoms with Gasteiger partial charge in [0.15, 0.2) is 11.5 Å². The van der Waals surface area contributed by atoms with Crippen molar-refractivity contribution in [3.63, 3.8) is 0 Å². The van der Waals surface area contributed by atoms with Crippen molar-refractivity contribution in [1.29, 1.82) is 0 Å². The Hall–Kier alpha value is -2.63. The molecule has 1 aromatic carbocycles. The number of aliphatic imine (C=N–C) groups is 1. The molecule has 0 aliphatic carbocycles. The Bertz CT molecular complexity index is 712. The van der Waals surface area contributed by atoms with Gasteiger partial charge in [0.1, 0.15) is 6.34 Å². The predicted octanol–water partition coefficient (Wildman–Crippen LogP) is 0.435. The number of H-pyrrole nitrogens is 1. The van der Waals surface area contributed by atoms with E-state index in [-0.39, 0.29) is 11.5 Å². The highest BCUT2D eigenvalue weighted by molar-refractivity contribution is 5.78. The summed E-state index contributed by atoms with van der Waals surface area (Å²) >= 11 is 0. The molecule has 0 atom stereocenters. The number of aromatic nitrogens is 2. The molecule has 0 fully saturated rings. The normalized spacial score (nSPS) is 12.2. The fourth-order valence-corrected chi connectivity index (χ4v) is 1.68. The van der Waals surface area contributed by atoms with Gasteiger partial charge in [0.25, 0.3) is 5.56 Å². The zero-order chi connectivity index (χ0) is 11.8. The highest BCUT2D eigenvalue weighted by Crippen LogP contribution is 2.19. The SMILES string of the molecule is O=c1[nH]c2c(c(=O)n1-c1ccccc1)N=C[N]2. The number of nitrogens with zero attached hydrogens (tertiary/aromatic N) is 3. The summed E-state index contributed by atoms with van der Waals surface area (Å²) in [5.74, 6) is 0.215. The molecule has 6 heteroatoms. The molecule has 17 heavy (non-hydrogen) atoms. The summed E-state index contributed by atoms with van der Waals surface area (Å²) in [5.41, 5.74) is -0.321. The second kappa shape index (κ2) is 3.44. The van der Waals surface area contributed by atoms with Crippen LogP contribution in [0.2, 0.25) is 0 Å². The summed E-state index contributed by atoms with van der Waals surface area (Å²) in [6.07, 6.45) is 1.25. The smallest absolute Gasteiger partial charge is 0.289 e. The summed E-state index contributed by atoms with van der Waals surface area (Å²) in [4.78, 5) is 30.2. The van der Waals surface area contributed by atoms with E-state index in [9.17, 15) is 9.59 Å². The average Bonchev–Trinajstić information content (AvgIpc) is 2.78. The van der Waals surface area contributed by atoms with Crippen molar-refractivity contribution in [2.45, 2.75) is 0 Å². The van der Waals surface area contributed by atoms with Crippen LogP contribution >= 0.6 is 0 Å². The van der Waals surface area contributed by atoms with E-state index >= 15 is 0 Å². The first-order chi connectivity index (χ1) is 8.27. The van der Waals surface area contributed by atoms with E-state index in [4.69, 9.17) is 0 Å². The molecule has 1 aliphatic heterocycles. The fourth-order valence-electron chi connectivity index (χ4n) is 1.68. The van der Waals surface area contributed by atoms with Gasteiger partial charge in [-0.3, -0.25) is 9.78 Å². The van der Waals surface area contributed by atoms with Crippen LogP contribution in [0, 0.1) is 0 Å². The second-order valence-corrected chi connectivity index (χ2v) is 3.48. The number of para-hydroxylation sites is 1. The van der Waals surface area contributed by atoms with Crippen molar-refractivity contribution in [2.75, 3.05) is 0 Å². The first-order valence-electron chi connectivity index (χ1n) is 4.95. The van der Waals surface area contributed by atoms with E-state index in [1.54, 1.807) is 24.3 Å². The lowest BCUT2D eigenvalue weighted by molar-refractivity contribution is 0.874. The van der Waals surface area contributed by atoms with Crippen LogP contribution in [0.5, 0.6) is 0 Å². The lowest BCUT2D eigenvalue weighted by Crippen LogP contribution is -2.33. The number of aromatic amines is 1. The third-order valence-electron chi connectivity index (χ3n) is 2.45. The maximum atomic E-state index is 12.1. The van der Waals surface area contributed by atoms with Gasteiger partial charge < -0.3 is 0 Å². The molecule has 1 aromatic heterocycles. The van der Waals surface area contributed by atoms with Crippen molar-refractivity contribution in [3.8, 4) is 5.69 Å². The van der Waals surface area contributed by atoms with Gasteiger partial charge in [0.2, 0.25) is 0 Å². The maximum Gasteiger partial charge on any atom is 0.334 e. The predicted molar refractivity (Wildman–Crippen MR) is 62.6 cm³/mol. The first-order valence-corrected chi connectivity index (χ1v) is 4.95. The lowest BCUT2D eigenvalue weighted by Gasteiger charge is -2.04. The summed E-state index contributed by atoms with van der Waals surface area (Å²) in [6, 6.07) is 8.67.